The molecule has 0 radical (unpaired) electrons. The molecule has 104 valence electrons. The molecule has 0 bridgehead atoms. The van der Waals surface area contributed by atoms with Crippen molar-refractivity contribution in [3.05, 3.63) is 42.2 Å². The molecule has 0 spiro atoms. The van der Waals surface area contributed by atoms with E-state index in [1.807, 2.05) is 24.4 Å². The molecule has 1 fully saturated rings. The maximum atomic E-state index is 5.96. The summed E-state index contributed by atoms with van der Waals surface area (Å²) in [5.41, 5.74) is 6.93. The Morgan fingerprint density at radius 2 is 2.05 bits per heavy atom. The lowest BCUT2D eigenvalue weighted by Gasteiger charge is -2.12. The fourth-order valence-corrected chi connectivity index (χ4v) is 2.79. The SMILES string of the molecule is NC(=NCc1nccc2ccccc12)NC1CCCC1. The molecular formula is C16H20N4. The number of guanidine groups is 1. The van der Waals surface area contributed by atoms with Gasteiger partial charge in [-0.1, -0.05) is 37.1 Å². The van der Waals surface area contributed by atoms with Crippen molar-refractivity contribution < 1.29 is 0 Å². The number of aliphatic imine (C=N–C) groups is 1. The third kappa shape index (κ3) is 2.90. The first-order valence-corrected chi connectivity index (χ1v) is 7.22. The topological polar surface area (TPSA) is 63.3 Å². The Balaban J connectivity index is 1.72. The number of pyridine rings is 1. The number of aromatic nitrogens is 1. The summed E-state index contributed by atoms with van der Waals surface area (Å²) in [7, 11) is 0. The van der Waals surface area contributed by atoms with Crippen LogP contribution in [0.1, 0.15) is 31.4 Å². The predicted molar refractivity (Wildman–Crippen MR) is 82.5 cm³/mol. The minimum absolute atomic E-state index is 0.499. The summed E-state index contributed by atoms with van der Waals surface area (Å²) < 4.78 is 0. The van der Waals surface area contributed by atoms with E-state index < -0.39 is 0 Å². The van der Waals surface area contributed by atoms with Gasteiger partial charge in [0.2, 0.25) is 0 Å². The Morgan fingerprint density at radius 3 is 2.90 bits per heavy atom. The maximum absolute atomic E-state index is 5.96. The number of nitrogens with two attached hydrogens (primary N) is 1. The highest BCUT2D eigenvalue weighted by Crippen LogP contribution is 2.18. The van der Waals surface area contributed by atoms with E-state index >= 15 is 0 Å². The maximum Gasteiger partial charge on any atom is 0.189 e. The van der Waals surface area contributed by atoms with Crippen molar-refractivity contribution >= 4 is 16.7 Å². The molecule has 1 aromatic heterocycles. The Kier molecular flexibility index (Phi) is 3.81. The van der Waals surface area contributed by atoms with Gasteiger partial charge in [-0.25, -0.2) is 4.99 Å². The quantitative estimate of drug-likeness (QED) is 0.664. The monoisotopic (exact) mass is 268 g/mol. The third-order valence-corrected chi connectivity index (χ3v) is 3.86. The van der Waals surface area contributed by atoms with Crippen LogP contribution in [0.5, 0.6) is 0 Å². The molecule has 1 aromatic carbocycles. The van der Waals surface area contributed by atoms with Crippen LogP contribution in [0.4, 0.5) is 0 Å². The molecule has 0 saturated heterocycles. The molecule has 4 heteroatoms. The van der Waals surface area contributed by atoms with E-state index in [1.54, 1.807) is 0 Å². The molecule has 1 saturated carbocycles. The van der Waals surface area contributed by atoms with E-state index in [0.29, 0.717) is 18.5 Å². The summed E-state index contributed by atoms with van der Waals surface area (Å²) in [5, 5.41) is 5.63. The van der Waals surface area contributed by atoms with Crippen LogP contribution in [0.2, 0.25) is 0 Å². The van der Waals surface area contributed by atoms with Crippen LogP contribution in [0.25, 0.3) is 10.8 Å². The largest absolute Gasteiger partial charge is 0.370 e. The molecule has 4 nitrogen and oxygen atoms in total. The van der Waals surface area contributed by atoms with Gasteiger partial charge in [0.15, 0.2) is 5.96 Å². The van der Waals surface area contributed by atoms with Gasteiger partial charge in [0.25, 0.3) is 0 Å². The van der Waals surface area contributed by atoms with Crippen LogP contribution in [0, 0.1) is 0 Å². The summed E-state index contributed by atoms with van der Waals surface area (Å²) in [6.45, 7) is 0.521. The van der Waals surface area contributed by atoms with Gasteiger partial charge in [0.05, 0.1) is 12.2 Å². The van der Waals surface area contributed by atoms with Crippen molar-refractivity contribution in [2.75, 3.05) is 0 Å². The average molecular weight is 268 g/mol. The first-order valence-electron chi connectivity index (χ1n) is 7.22. The van der Waals surface area contributed by atoms with Crippen LogP contribution in [0.3, 0.4) is 0 Å². The lowest BCUT2D eigenvalue weighted by atomic mass is 10.1. The zero-order valence-corrected chi connectivity index (χ0v) is 11.5. The Bertz CT molecular complexity index is 609. The molecule has 0 unspecified atom stereocenters. The number of hydrogen-bond acceptors (Lipinski definition) is 2. The molecular weight excluding hydrogens is 248 g/mol. The number of rotatable bonds is 3. The van der Waals surface area contributed by atoms with Gasteiger partial charge in [0, 0.05) is 17.6 Å². The highest BCUT2D eigenvalue weighted by Gasteiger charge is 2.14. The first-order chi connectivity index (χ1) is 9.83. The van der Waals surface area contributed by atoms with Gasteiger partial charge in [-0.15, -0.1) is 0 Å². The van der Waals surface area contributed by atoms with Crippen molar-refractivity contribution in [1.29, 1.82) is 0 Å². The van der Waals surface area contributed by atoms with E-state index in [-0.39, 0.29) is 0 Å². The summed E-state index contributed by atoms with van der Waals surface area (Å²) >= 11 is 0. The minimum atomic E-state index is 0.499. The second-order valence-electron chi connectivity index (χ2n) is 5.31. The fourth-order valence-electron chi connectivity index (χ4n) is 2.79. The molecule has 0 atom stereocenters. The number of benzene rings is 1. The minimum Gasteiger partial charge on any atom is -0.370 e. The highest BCUT2D eigenvalue weighted by atomic mass is 15.1. The Morgan fingerprint density at radius 1 is 1.25 bits per heavy atom. The summed E-state index contributed by atoms with van der Waals surface area (Å²) in [4.78, 5) is 8.85. The number of nitrogens with one attached hydrogen (secondary N) is 1. The molecule has 1 aliphatic carbocycles. The standard InChI is InChI=1S/C16H20N4/c17-16(20-13-6-2-3-7-13)19-11-15-14-8-4-1-5-12(14)9-10-18-15/h1,4-5,8-10,13H,2-3,6-7,11H2,(H3,17,19,20). The summed E-state index contributed by atoms with van der Waals surface area (Å²) in [6.07, 6.45) is 6.80. The van der Waals surface area contributed by atoms with Crippen LogP contribution in [-0.4, -0.2) is 17.0 Å². The number of hydrogen-bond donors (Lipinski definition) is 2. The van der Waals surface area contributed by atoms with Crippen LogP contribution < -0.4 is 11.1 Å². The fraction of sp³-hybridized carbons (Fsp3) is 0.375. The molecule has 20 heavy (non-hydrogen) atoms. The molecule has 1 aliphatic rings. The zero-order chi connectivity index (χ0) is 13.8. The number of fused-ring (bicyclic) bond motifs is 1. The highest BCUT2D eigenvalue weighted by molar-refractivity contribution is 5.84. The third-order valence-electron chi connectivity index (χ3n) is 3.86. The Labute approximate surface area is 119 Å². The van der Waals surface area contributed by atoms with Gasteiger partial charge in [-0.2, -0.15) is 0 Å². The summed E-state index contributed by atoms with van der Waals surface area (Å²) in [5.74, 6) is 0.534. The molecule has 1 heterocycles. The predicted octanol–water partition coefficient (Wildman–Crippen LogP) is 2.58. The second kappa shape index (κ2) is 5.90. The van der Waals surface area contributed by atoms with Crippen molar-refractivity contribution in [3.63, 3.8) is 0 Å². The second-order valence-corrected chi connectivity index (χ2v) is 5.31. The molecule has 2 aromatic rings. The van der Waals surface area contributed by atoms with E-state index in [2.05, 4.69) is 27.4 Å². The van der Waals surface area contributed by atoms with E-state index in [1.165, 1.54) is 31.1 Å². The lowest BCUT2D eigenvalue weighted by molar-refractivity contribution is 0.625. The van der Waals surface area contributed by atoms with Gasteiger partial charge < -0.3 is 11.1 Å². The molecule has 0 amide bonds. The normalized spacial score (nSPS) is 16.7. The van der Waals surface area contributed by atoms with Crippen LogP contribution in [-0.2, 0) is 6.54 Å². The van der Waals surface area contributed by atoms with Crippen molar-refractivity contribution in [1.82, 2.24) is 10.3 Å². The van der Waals surface area contributed by atoms with Gasteiger partial charge in [-0.3, -0.25) is 4.98 Å². The summed E-state index contributed by atoms with van der Waals surface area (Å²) in [6, 6.07) is 10.7. The number of nitrogens with zero attached hydrogens (tertiary/aromatic N) is 2. The van der Waals surface area contributed by atoms with E-state index in [4.69, 9.17) is 5.73 Å². The van der Waals surface area contributed by atoms with E-state index in [9.17, 15) is 0 Å². The van der Waals surface area contributed by atoms with Crippen molar-refractivity contribution in [3.8, 4) is 0 Å². The van der Waals surface area contributed by atoms with E-state index in [0.717, 1.165) is 11.1 Å². The average Bonchev–Trinajstić information content (AvgIpc) is 2.98. The van der Waals surface area contributed by atoms with Crippen LogP contribution >= 0.6 is 0 Å². The molecule has 3 N–H and O–H groups in total. The van der Waals surface area contributed by atoms with Gasteiger partial charge in [0.1, 0.15) is 0 Å². The smallest absolute Gasteiger partial charge is 0.189 e. The zero-order valence-electron chi connectivity index (χ0n) is 11.5. The molecule has 3 rings (SSSR count). The molecule has 0 aliphatic heterocycles. The van der Waals surface area contributed by atoms with Crippen molar-refractivity contribution in [2.45, 2.75) is 38.3 Å². The van der Waals surface area contributed by atoms with Crippen LogP contribution in [0.15, 0.2) is 41.5 Å². The Hall–Kier alpha value is -2.10. The lowest BCUT2D eigenvalue weighted by Crippen LogP contribution is -2.38. The first kappa shape index (κ1) is 12.9. The van der Waals surface area contributed by atoms with Crippen molar-refractivity contribution in [2.24, 2.45) is 10.7 Å². The van der Waals surface area contributed by atoms with Gasteiger partial charge in [-0.05, 0) is 24.3 Å². The van der Waals surface area contributed by atoms with Gasteiger partial charge >= 0.3 is 0 Å².